The van der Waals surface area contributed by atoms with Crippen LogP contribution in [0.15, 0.2) is 224 Å². The summed E-state index contributed by atoms with van der Waals surface area (Å²) >= 11 is 0. The molecule has 0 saturated heterocycles. The summed E-state index contributed by atoms with van der Waals surface area (Å²) in [6.07, 6.45) is 6.33. The fourth-order valence-electron chi connectivity index (χ4n) is 9.46. The number of hydrogen-bond donors (Lipinski definition) is 0. The molecule has 0 spiro atoms. The minimum absolute atomic E-state index is 0.100. The van der Waals surface area contributed by atoms with Gasteiger partial charge >= 0.3 is 0 Å². The molecule has 62 heavy (non-hydrogen) atoms. The van der Waals surface area contributed by atoms with E-state index in [-0.39, 0.29) is 12.0 Å². The fraction of sp³-hybridized carbons (Fsp3) is 0.0345. The molecule has 292 valence electrons. The number of fused-ring (bicyclic) bond motifs is 6. The van der Waals surface area contributed by atoms with Crippen molar-refractivity contribution in [2.45, 2.75) is 12.0 Å². The molecule has 3 heterocycles. The van der Waals surface area contributed by atoms with Crippen molar-refractivity contribution in [1.29, 1.82) is 0 Å². The molecule has 1 aliphatic heterocycles. The van der Waals surface area contributed by atoms with E-state index in [2.05, 4.69) is 205 Å². The van der Waals surface area contributed by atoms with E-state index in [1.54, 1.807) is 0 Å². The van der Waals surface area contributed by atoms with E-state index in [9.17, 15) is 0 Å². The molecule has 2 atom stereocenters. The van der Waals surface area contributed by atoms with Crippen LogP contribution in [0.2, 0.25) is 0 Å². The molecule has 2 unspecified atom stereocenters. The van der Waals surface area contributed by atoms with Crippen LogP contribution in [0.4, 0.5) is 0 Å². The highest BCUT2D eigenvalue weighted by molar-refractivity contribution is 6.10. The first kappa shape index (κ1) is 35.8. The van der Waals surface area contributed by atoms with Gasteiger partial charge in [-0.25, -0.2) is 9.97 Å². The Morgan fingerprint density at radius 3 is 1.85 bits per heavy atom. The molecule has 0 radical (unpaired) electrons. The van der Waals surface area contributed by atoms with Gasteiger partial charge in [0.2, 0.25) is 0 Å². The van der Waals surface area contributed by atoms with E-state index in [1.807, 2.05) is 24.3 Å². The summed E-state index contributed by atoms with van der Waals surface area (Å²) in [5.41, 5.74) is 16.4. The summed E-state index contributed by atoms with van der Waals surface area (Å²) < 4.78 is 9.49. The number of benzene rings is 8. The van der Waals surface area contributed by atoms with Crippen molar-refractivity contribution in [3.05, 3.63) is 236 Å². The van der Waals surface area contributed by atoms with Crippen LogP contribution in [-0.4, -0.2) is 20.6 Å². The van der Waals surface area contributed by atoms with Gasteiger partial charge in [0.1, 0.15) is 11.9 Å². The molecule has 0 N–H and O–H groups in total. The van der Waals surface area contributed by atoms with Crippen LogP contribution in [-0.2, 0) is 0 Å². The standard InChI is InChI=1S/C58H39N3O/c1-5-17-38(18-6-1)41-23-15-24-43(33-41)48-35-44(42-31-32-54-49(34-42)46-27-13-14-29-53(46)61(54)45-25-11-4-12-26-45)36-50-56-47(28-16-30-55(56)62-57(48)50)52-37-51(39-19-7-2-8-20-39)59-58(60-52)40-21-9-3-10-22-40/h1-37,55-56H. The number of aromatic nitrogens is 3. The monoisotopic (exact) mass is 793 g/mol. The van der Waals surface area contributed by atoms with Crippen LogP contribution in [0.5, 0.6) is 5.75 Å². The lowest BCUT2D eigenvalue weighted by Crippen LogP contribution is -2.20. The lowest BCUT2D eigenvalue weighted by molar-refractivity contribution is 0.272. The summed E-state index contributed by atoms with van der Waals surface area (Å²) in [5, 5.41) is 2.44. The number of allylic oxidation sites excluding steroid dienone is 2. The highest BCUT2D eigenvalue weighted by atomic mass is 16.5. The van der Waals surface area contributed by atoms with Crippen LogP contribution in [0.3, 0.4) is 0 Å². The predicted molar refractivity (Wildman–Crippen MR) is 254 cm³/mol. The molecule has 4 heteroatoms. The quantitative estimate of drug-likeness (QED) is 0.161. The molecule has 0 amide bonds. The Bertz CT molecular complexity index is 3310. The number of ether oxygens (including phenoxy) is 1. The van der Waals surface area contributed by atoms with E-state index < -0.39 is 0 Å². The number of rotatable bonds is 7. The zero-order valence-electron chi connectivity index (χ0n) is 33.8. The average molecular weight is 794 g/mol. The molecule has 8 aromatic carbocycles. The molecule has 4 nitrogen and oxygen atoms in total. The molecule has 10 aromatic rings. The van der Waals surface area contributed by atoms with Crippen LogP contribution in [0.1, 0.15) is 17.2 Å². The molecule has 0 saturated carbocycles. The zero-order chi connectivity index (χ0) is 41.0. The second-order valence-electron chi connectivity index (χ2n) is 16.1. The smallest absolute Gasteiger partial charge is 0.160 e. The molecule has 2 aromatic heterocycles. The van der Waals surface area contributed by atoms with E-state index in [4.69, 9.17) is 14.7 Å². The Hall–Kier alpha value is -8.08. The van der Waals surface area contributed by atoms with E-state index in [0.29, 0.717) is 5.82 Å². The molecule has 2 aliphatic rings. The Morgan fingerprint density at radius 1 is 0.435 bits per heavy atom. The molecular formula is C58H39N3O. The highest BCUT2D eigenvalue weighted by Gasteiger charge is 2.40. The topological polar surface area (TPSA) is 39.9 Å². The summed E-state index contributed by atoms with van der Waals surface area (Å²) in [6, 6.07) is 73.3. The van der Waals surface area contributed by atoms with E-state index in [1.165, 1.54) is 27.4 Å². The van der Waals surface area contributed by atoms with Gasteiger partial charge < -0.3 is 9.30 Å². The van der Waals surface area contributed by atoms with Gasteiger partial charge in [0.05, 0.1) is 28.3 Å². The molecular weight excluding hydrogens is 755 g/mol. The van der Waals surface area contributed by atoms with Crippen LogP contribution < -0.4 is 4.74 Å². The summed E-state index contributed by atoms with van der Waals surface area (Å²) in [4.78, 5) is 10.4. The maximum absolute atomic E-state index is 7.12. The lowest BCUT2D eigenvalue weighted by Gasteiger charge is -2.23. The van der Waals surface area contributed by atoms with Gasteiger partial charge in [-0.15, -0.1) is 0 Å². The number of hydrogen-bond acceptors (Lipinski definition) is 3. The number of para-hydroxylation sites is 2. The van der Waals surface area contributed by atoms with Gasteiger partial charge in [0, 0.05) is 38.7 Å². The SMILES string of the molecule is C1=CC2Oc3c(-c4cccc(-c5ccccc5)c4)cc(-c4ccc5c(c4)c4ccccc4n5-c4ccccc4)cc3C2C(c2cc(-c3ccccc3)nc(-c3ccccc3)n2)=C1. The van der Waals surface area contributed by atoms with Crippen molar-refractivity contribution in [3.63, 3.8) is 0 Å². The van der Waals surface area contributed by atoms with Gasteiger partial charge in [0.15, 0.2) is 5.82 Å². The minimum atomic E-state index is -0.210. The molecule has 0 fully saturated rings. The van der Waals surface area contributed by atoms with Crippen molar-refractivity contribution in [2.75, 3.05) is 0 Å². The average Bonchev–Trinajstić information content (AvgIpc) is 3.90. The third kappa shape index (κ3) is 6.15. The molecule has 12 rings (SSSR count). The van der Waals surface area contributed by atoms with Crippen molar-refractivity contribution in [1.82, 2.24) is 14.5 Å². The van der Waals surface area contributed by atoms with Gasteiger partial charge in [0.25, 0.3) is 0 Å². The Kier molecular flexibility index (Phi) is 8.60. The van der Waals surface area contributed by atoms with Crippen LogP contribution >= 0.6 is 0 Å². The first-order chi connectivity index (χ1) is 30.7. The van der Waals surface area contributed by atoms with Crippen molar-refractivity contribution >= 4 is 27.4 Å². The fourth-order valence-corrected chi connectivity index (χ4v) is 9.46. The second kappa shape index (κ2) is 14.9. The van der Waals surface area contributed by atoms with Gasteiger partial charge in [-0.3, -0.25) is 0 Å². The van der Waals surface area contributed by atoms with Gasteiger partial charge in [-0.2, -0.15) is 0 Å². The summed E-state index contributed by atoms with van der Waals surface area (Å²) in [7, 11) is 0. The largest absolute Gasteiger partial charge is 0.484 e. The third-order valence-corrected chi connectivity index (χ3v) is 12.4. The van der Waals surface area contributed by atoms with E-state index >= 15 is 0 Å². The Balaban J connectivity index is 1.06. The zero-order valence-corrected chi connectivity index (χ0v) is 33.8. The van der Waals surface area contributed by atoms with Gasteiger partial charge in [-0.1, -0.05) is 164 Å². The Labute approximate surface area is 360 Å². The maximum atomic E-state index is 7.12. The first-order valence-electron chi connectivity index (χ1n) is 21.2. The Morgan fingerprint density at radius 2 is 1.06 bits per heavy atom. The second-order valence-corrected chi connectivity index (χ2v) is 16.1. The predicted octanol–water partition coefficient (Wildman–Crippen LogP) is 14.4. The van der Waals surface area contributed by atoms with Crippen molar-refractivity contribution < 1.29 is 4.74 Å². The third-order valence-electron chi connectivity index (χ3n) is 12.4. The maximum Gasteiger partial charge on any atom is 0.160 e. The molecule has 0 bridgehead atoms. The summed E-state index contributed by atoms with van der Waals surface area (Å²) in [5.74, 6) is 1.51. The first-order valence-corrected chi connectivity index (χ1v) is 21.2. The molecule has 1 aliphatic carbocycles. The highest BCUT2D eigenvalue weighted by Crippen LogP contribution is 2.53. The van der Waals surface area contributed by atoms with Crippen LogP contribution in [0, 0.1) is 0 Å². The van der Waals surface area contributed by atoms with Crippen molar-refractivity contribution in [3.8, 4) is 67.5 Å². The summed E-state index contributed by atoms with van der Waals surface area (Å²) in [6.45, 7) is 0. The number of nitrogens with zero attached hydrogens (tertiary/aromatic N) is 3. The van der Waals surface area contributed by atoms with E-state index in [0.717, 1.165) is 72.9 Å². The lowest BCUT2D eigenvalue weighted by atomic mass is 9.81. The minimum Gasteiger partial charge on any atom is -0.484 e. The van der Waals surface area contributed by atoms with Crippen LogP contribution in [0.25, 0.3) is 89.1 Å². The van der Waals surface area contributed by atoms with Crippen molar-refractivity contribution in [2.24, 2.45) is 0 Å². The van der Waals surface area contributed by atoms with Gasteiger partial charge in [-0.05, 0) is 94.1 Å². The normalized spacial score (nSPS) is 15.3.